The first kappa shape index (κ1) is 32.7. The molecule has 0 aliphatic rings. The number of aryl methyl sites for hydroxylation is 1. The maximum Gasteiger partial charge on any atom is 0.408 e. The van der Waals surface area contributed by atoms with Crippen molar-refractivity contribution in [3.8, 4) is 11.3 Å². The second-order valence-electron chi connectivity index (χ2n) is 12.9. The Hall–Kier alpha value is -4.21. The van der Waals surface area contributed by atoms with Gasteiger partial charge in [0.1, 0.15) is 11.6 Å². The summed E-state index contributed by atoms with van der Waals surface area (Å²) in [6, 6.07) is 29.2. The molecule has 1 aromatic heterocycles. The molecule has 0 aliphatic heterocycles. The lowest BCUT2D eigenvalue weighted by molar-refractivity contribution is -0.118. The average Bonchev–Trinajstić information content (AvgIpc) is 3.40. The van der Waals surface area contributed by atoms with E-state index in [0.717, 1.165) is 21.6 Å². The lowest BCUT2D eigenvalue weighted by Gasteiger charge is -2.43. The highest BCUT2D eigenvalue weighted by molar-refractivity contribution is 6.99. The number of anilines is 1. The molecule has 2 N–H and O–H groups in total. The van der Waals surface area contributed by atoms with Gasteiger partial charge in [-0.2, -0.15) is 5.10 Å². The van der Waals surface area contributed by atoms with Gasteiger partial charge in [-0.05, 0) is 60.8 Å². The van der Waals surface area contributed by atoms with Crippen molar-refractivity contribution in [2.24, 2.45) is 7.05 Å². The molecule has 4 aromatic rings. The Morgan fingerprint density at radius 2 is 1.41 bits per heavy atom. The Labute approximate surface area is 261 Å². The standard InChI is InChI=1S/C35H44N4O4Si/c1-34(2,3)43-33(41)37-31(32(40)36-27-20-18-26(19-21-27)30-22-24-39(7)38-30)23-25-42-44(35(4,5)6,28-14-10-8-11-15-28)29-16-12-9-13-17-29/h8-22,24,31H,23,25H2,1-7H3,(H,36,40)(H,37,41)/t31-/m1/s1. The van der Waals surface area contributed by atoms with Gasteiger partial charge in [-0.15, -0.1) is 0 Å². The van der Waals surface area contributed by atoms with Crippen LogP contribution < -0.4 is 21.0 Å². The summed E-state index contributed by atoms with van der Waals surface area (Å²) in [4.78, 5) is 26.5. The molecule has 0 spiro atoms. The van der Waals surface area contributed by atoms with Crippen molar-refractivity contribution in [2.45, 2.75) is 64.6 Å². The number of aromatic nitrogens is 2. The first-order chi connectivity index (χ1) is 20.8. The number of alkyl carbamates (subject to hydrolysis) is 1. The number of carbonyl (C=O) groups excluding carboxylic acids is 2. The number of hydrogen-bond donors (Lipinski definition) is 2. The molecule has 0 fully saturated rings. The number of hydrogen-bond acceptors (Lipinski definition) is 5. The molecule has 0 aliphatic carbocycles. The Morgan fingerprint density at radius 1 is 0.841 bits per heavy atom. The van der Waals surface area contributed by atoms with Gasteiger partial charge in [0.05, 0.1) is 5.69 Å². The first-order valence-electron chi connectivity index (χ1n) is 14.9. The van der Waals surface area contributed by atoms with Crippen molar-refractivity contribution in [3.05, 3.63) is 97.2 Å². The summed E-state index contributed by atoms with van der Waals surface area (Å²) in [5.74, 6) is -0.354. The van der Waals surface area contributed by atoms with Gasteiger partial charge in [0.25, 0.3) is 8.32 Å². The molecule has 4 rings (SSSR count). The van der Waals surface area contributed by atoms with Crippen LogP contribution in [-0.4, -0.2) is 48.3 Å². The van der Waals surface area contributed by atoms with E-state index in [1.54, 1.807) is 25.5 Å². The molecule has 0 radical (unpaired) electrons. The van der Waals surface area contributed by atoms with Gasteiger partial charge in [-0.3, -0.25) is 9.48 Å². The second-order valence-corrected chi connectivity index (χ2v) is 17.2. The van der Waals surface area contributed by atoms with E-state index in [1.165, 1.54) is 0 Å². The number of benzene rings is 3. The molecule has 9 heteroatoms. The maximum atomic E-state index is 13.6. The molecule has 2 amide bonds. The van der Waals surface area contributed by atoms with Crippen molar-refractivity contribution in [1.82, 2.24) is 15.1 Å². The van der Waals surface area contributed by atoms with Crippen LogP contribution in [0.15, 0.2) is 97.2 Å². The monoisotopic (exact) mass is 612 g/mol. The summed E-state index contributed by atoms with van der Waals surface area (Å²) < 4.78 is 14.3. The Morgan fingerprint density at radius 3 is 1.89 bits per heavy atom. The topological polar surface area (TPSA) is 94.5 Å². The van der Waals surface area contributed by atoms with E-state index in [9.17, 15) is 9.59 Å². The van der Waals surface area contributed by atoms with Gasteiger partial charge in [0, 0.05) is 31.1 Å². The molecule has 1 heterocycles. The summed E-state index contributed by atoms with van der Waals surface area (Å²) in [5.41, 5.74) is 1.68. The zero-order valence-electron chi connectivity index (χ0n) is 26.8. The number of amides is 2. The van der Waals surface area contributed by atoms with E-state index >= 15 is 0 Å². The molecule has 3 aromatic carbocycles. The number of nitrogens with one attached hydrogen (secondary N) is 2. The SMILES string of the molecule is Cn1ccc(-c2ccc(NC(=O)[C@@H](CCO[Si](c3ccccc3)(c3ccccc3)C(C)(C)C)NC(=O)OC(C)(C)C)cc2)n1. The largest absolute Gasteiger partial charge is 0.444 e. The summed E-state index contributed by atoms with van der Waals surface area (Å²) in [6.45, 7) is 12.2. The highest BCUT2D eigenvalue weighted by atomic mass is 28.4. The summed E-state index contributed by atoms with van der Waals surface area (Å²) >= 11 is 0. The van der Waals surface area contributed by atoms with Crippen molar-refractivity contribution in [2.75, 3.05) is 11.9 Å². The van der Waals surface area contributed by atoms with Crippen molar-refractivity contribution < 1.29 is 18.8 Å². The minimum Gasteiger partial charge on any atom is -0.444 e. The van der Waals surface area contributed by atoms with Crippen LogP contribution in [0.5, 0.6) is 0 Å². The predicted octanol–water partition coefficient (Wildman–Crippen LogP) is 5.89. The molecular weight excluding hydrogens is 568 g/mol. The normalized spacial score (nSPS) is 12.8. The van der Waals surface area contributed by atoms with E-state index in [2.05, 4.69) is 60.8 Å². The predicted molar refractivity (Wildman–Crippen MR) is 179 cm³/mol. The highest BCUT2D eigenvalue weighted by Gasteiger charge is 2.50. The average molecular weight is 613 g/mol. The number of ether oxygens (including phenoxy) is 1. The Balaban J connectivity index is 1.57. The molecular formula is C35H44N4O4Si. The number of rotatable bonds is 10. The van der Waals surface area contributed by atoms with E-state index in [-0.39, 0.29) is 24.0 Å². The Bertz CT molecular complexity index is 1490. The smallest absolute Gasteiger partial charge is 0.408 e. The van der Waals surface area contributed by atoms with Crippen molar-refractivity contribution >= 4 is 36.4 Å². The maximum absolute atomic E-state index is 13.6. The quantitative estimate of drug-likeness (QED) is 0.218. The van der Waals surface area contributed by atoms with Crippen LogP contribution in [0.3, 0.4) is 0 Å². The zero-order valence-corrected chi connectivity index (χ0v) is 27.8. The summed E-state index contributed by atoms with van der Waals surface area (Å²) in [6.07, 6.45) is 1.47. The van der Waals surface area contributed by atoms with Crippen LogP contribution in [0.1, 0.15) is 48.0 Å². The van der Waals surface area contributed by atoms with Crippen LogP contribution in [-0.2, 0) is 21.0 Å². The molecule has 1 atom stereocenters. The van der Waals surface area contributed by atoms with Crippen LogP contribution >= 0.6 is 0 Å². The third-order valence-electron chi connectivity index (χ3n) is 7.31. The Kier molecular flexibility index (Phi) is 10.1. The fraction of sp³-hybridized carbons (Fsp3) is 0.343. The molecule has 0 bridgehead atoms. The third-order valence-corrected chi connectivity index (χ3v) is 12.4. The molecule has 44 heavy (non-hydrogen) atoms. The van der Waals surface area contributed by atoms with Crippen LogP contribution in [0, 0.1) is 0 Å². The van der Waals surface area contributed by atoms with E-state index in [4.69, 9.17) is 9.16 Å². The third kappa shape index (κ3) is 8.03. The zero-order chi connectivity index (χ0) is 32.0. The van der Waals surface area contributed by atoms with Gasteiger partial charge in [0.15, 0.2) is 0 Å². The fourth-order valence-corrected chi connectivity index (χ4v) is 9.91. The molecule has 232 valence electrons. The van der Waals surface area contributed by atoms with Crippen LogP contribution in [0.25, 0.3) is 11.3 Å². The van der Waals surface area contributed by atoms with E-state index < -0.39 is 26.1 Å². The van der Waals surface area contributed by atoms with Gasteiger partial charge < -0.3 is 19.8 Å². The number of nitrogens with zero attached hydrogens (tertiary/aromatic N) is 2. The van der Waals surface area contributed by atoms with Crippen molar-refractivity contribution in [3.63, 3.8) is 0 Å². The van der Waals surface area contributed by atoms with Gasteiger partial charge in [0.2, 0.25) is 5.91 Å². The van der Waals surface area contributed by atoms with Crippen molar-refractivity contribution in [1.29, 1.82) is 0 Å². The van der Waals surface area contributed by atoms with E-state index in [1.807, 2.05) is 80.0 Å². The molecule has 0 saturated carbocycles. The van der Waals surface area contributed by atoms with Gasteiger partial charge in [-0.1, -0.05) is 93.6 Å². The minimum atomic E-state index is -2.82. The second kappa shape index (κ2) is 13.6. The summed E-state index contributed by atoms with van der Waals surface area (Å²) in [7, 11) is -0.955. The first-order valence-corrected chi connectivity index (χ1v) is 16.8. The van der Waals surface area contributed by atoms with Gasteiger partial charge >= 0.3 is 6.09 Å². The van der Waals surface area contributed by atoms with Crippen LogP contribution in [0.2, 0.25) is 5.04 Å². The number of carbonyl (C=O) groups is 2. The lowest BCUT2D eigenvalue weighted by atomic mass is 10.1. The summed E-state index contributed by atoms with van der Waals surface area (Å²) in [5, 5.41) is 12.2. The highest BCUT2D eigenvalue weighted by Crippen LogP contribution is 2.37. The van der Waals surface area contributed by atoms with Gasteiger partial charge in [-0.25, -0.2) is 4.79 Å². The van der Waals surface area contributed by atoms with Crippen LogP contribution in [0.4, 0.5) is 10.5 Å². The minimum absolute atomic E-state index is 0.221. The fourth-order valence-electron chi connectivity index (χ4n) is 5.33. The lowest BCUT2D eigenvalue weighted by Crippen LogP contribution is -2.66. The molecule has 0 unspecified atom stereocenters. The molecule has 8 nitrogen and oxygen atoms in total. The molecule has 0 saturated heterocycles. The van der Waals surface area contributed by atoms with E-state index in [0.29, 0.717) is 5.69 Å².